The van der Waals surface area contributed by atoms with Crippen LogP contribution in [0.25, 0.3) is 0 Å². The molecule has 4 rings (SSSR count). The van der Waals surface area contributed by atoms with Crippen molar-refractivity contribution in [3.63, 3.8) is 0 Å². The molecule has 2 aliphatic heterocycles. The molecule has 3 aliphatic rings. The van der Waals surface area contributed by atoms with Gasteiger partial charge in [0.15, 0.2) is 6.10 Å². The lowest BCUT2D eigenvalue weighted by molar-refractivity contribution is -0.123. The van der Waals surface area contributed by atoms with Gasteiger partial charge in [-0.05, 0) is 43.4 Å². The largest absolute Gasteiger partial charge is 0.479 e. The van der Waals surface area contributed by atoms with Crippen molar-refractivity contribution in [3.05, 3.63) is 23.8 Å². The third-order valence-corrected chi connectivity index (χ3v) is 5.46. The van der Waals surface area contributed by atoms with Gasteiger partial charge in [-0.25, -0.2) is 0 Å². The lowest BCUT2D eigenvalue weighted by Gasteiger charge is -2.34. The summed E-state index contributed by atoms with van der Waals surface area (Å²) in [4.78, 5) is 28.5. The molecule has 1 atom stereocenters. The Hall–Kier alpha value is -1.92. The molecular formula is C20H27N3O3. The number of piperazine rings is 1. The van der Waals surface area contributed by atoms with Gasteiger partial charge in [-0.15, -0.1) is 0 Å². The van der Waals surface area contributed by atoms with Crippen LogP contribution in [0.1, 0.15) is 31.7 Å². The second-order valence-electron chi connectivity index (χ2n) is 7.82. The summed E-state index contributed by atoms with van der Waals surface area (Å²) in [6, 6.07) is 6.01. The van der Waals surface area contributed by atoms with Gasteiger partial charge in [-0.1, -0.05) is 6.07 Å². The van der Waals surface area contributed by atoms with E-state index in [1.54, 1.807) is 6.92 Å². The fraction of sp³-hybridized carbons (Fsp3) is 0.600. The molecule has 6 heteroatoms. The van der Waals surface area contributed by atoms with Crippen LogP contribution in [0, 0.1) is 5.92 Å². The van der Waals surface area contributed by atoms with E-state index in [9.17, 15) is 9.59 Å². The van der Waals surface area contributed by atoms with Crippen LogP contribution >= 0.6 is 0 Å². The minimum atomic E-state index is -0.441. The number of carbonyl (C=O) groups excluding carboxylic acids is 2. The Labute approximate surface area is 154 Å². The quantitative estimate of drug-likeness (QED) is 0.842. The second kappa shape index (κ2) is 7.37. The Morgan fingerprint density at radius 1 is 1.19 bits per heavy atom. The fourth-order valence-corrected chi connectivity index (χ4v) is 3.68. The summed E-state index contributed by atoms with van der Waals surface area (Å²) in [5.41, 5.74) is 1.93. The maximum Gasteiger partial charge on any atom is 0.265 e. The lowest BCUT2D eigenvalue weighted by Crippen LogP contribution is -2.47. The van der Waals surface area contributed by atoms with E-state index < -0.39 is 6.10 Å². The van der Waals surface area contributed by atoms with Crippen molar-refractivity contribution < 1.29 is 14.3 Å². The van der Waals surface area contributed by atoms with Gasteiger partial charge in [-0.2, -0.15) is 0 Å². The van der Waals surface area contributed by atoms with E-state index in [-0.39, 0.29) is 5.91 Å². The standard InChI is InChI=1S/C20H27N3O3/c1-14-20(25)21-18-11-16(4-5-19(18)26-14)12-22-6-8-23(9-7-22)13-17(24)10-15-2-3-15/h4-5,11,14-15H,2-3,6-10,12-13H2,1H3,(H,21,25). The van der Waals surface area contributed by atoms with Crippen molar-refractivity contribution in [1.82, 2.24) is 9.80 Å². The lowest BCUT2D eigenvalue weighted by atomic mass is 10.1. The highest BCUT2D eigenvalue weighted by Gasteiger charge is 2.27. The average Bonchev–Trinajstić information content (AvgIpc) is 3.42. The zero-order valence-electron chi connectivity index (χ0n) is 15.4. The van der Waals surface area contributed by atoms with Crippen molar-refractivity contribution in [2.75, 3.05) is 38.0 Å². The third-order valence-electron chi connectivity index (χ3n) is 5.46. The number of rotatable bonds is 6. The molecule has 1 saturated heterocycles. The number of fused-ring (bicyclic) bond motifs is 1. The topological polar surface area (TPSA) is 61.9 Å². The van der Waals surface area contributed by atoms with E-state index >= 15 is 0 Å². The molecule has 26 heavy (non-hydrogen) atoms. The molecule has 140 valence electrons. The molecule has 1 amide bonds. The highest BCUT2D eigenvalue weighted by molar-refractivity contribution is 5.97. The molecule has 0 spiro atoms. The van der Waals surface area contributed by atoms with Gasteiger partial charge in [0.05, 0.1) is 12.2 Å². The van der Waals surface area contributed by atoms with Gasteiger partial charge in [0.1, 0.15) is 11.5 Å². The smallest absolute Gasteiger partial charge is 0.265 e. The van der Waals surface area contributed by atoms with E-state index in [0.717, 1.165) is 50.6 Å². The molecule has 0 radical (unpaired) electrons. The van der Waals surface area contributed by atoms with E-state index in [2.05, 4.69) is 21.2 Å². The number of anilines is 1. The SMILES string of the molecule is CC1Oc2ccc(CN3CCN(CC(=O)CC4CC4)CC3)cc2NC1=O. The monoisotopic (exact) mass is 357 g/mol. The summed E-state index contributed by atoms with van der Waals surface area (Å²) in [6.07, 6.45) is 2.82. The highest BCUT2D eigenvalue weighted by Crippen LogP contribution is 2.33. The minimum absolute atomic E-state index is 0.0980. The van der Waals surface area contributed by atoms with Crippen LogP contribution in [0.5, 0.6) is 5.75 Å². The van der Waals surface area contributed by atoms with Crippen molar-refractivity contribution >= 4 is 17.4 Å². The number of amides is 1. The van der Waals surface area contributed by atoms with Gasteiger partial charge in [0.25, 0.3) is 5.91 Å². The van der Waals surface area contributed by atoms with Crippen molar-refractivity contribution in [3.8, 4) is 5.75 Å². The van der Waals surface area contributed by atoms with Gasteiger partial charge >= 0.3 is 0 Å². The normalized spacial score (nSPS) is 23.9. The highest BCUT2D eigenvalue weighted by atomic mass is 16.5. The van der Waals surface area contributed by atoms with Crippen molar-refractivity contribution in [1.29, 1.82) is 0 Å². The molecule has 2 fully saturated rings. The number of hydrogen-bond acceptors (Lipinski definition) is 5. The van der Waals surface area contributed by atoms with E-state index in [0.29, 0.717) is 18.2 Å². The van der Waals surface area contributed by atoms with E-state index in [1.165, 1.54) is 18.4 Å². The molecule has 0 bridgehead atoms. The first-order chi connectivity index (χ1) is 12.6. The molecule has 0 aromatic heterocycles. The Kier molecular flexibility index (Phi) is 4.96. The number of ketones is 1. The predicted octanol–water partition coefficient (Wildman–Crippen LogP) is 1.89. The summed E-state index contributed by atoms with van der Waals surface area (Å²) in [5, 5.41) is 2.91. The van der Waals surface area contributed by atoms with E-state index in [1.807, 2.05) is 12.1 Å². The van der Waals surface area contributed by atoms with Gasteiger partial charge in [-0.3, -0.25) is 19.4 Å². The first-order valence-electron chi connectivity index (χ1n) is 9.63. The Balaban J connectivity index is 1.27. The molecule has 6 nitrogen and oxygen atoms in total. The first kappa shape index (κ1) is 17.5. The van der Waals surface area contributed by atoms with Crippen LogP contribution < -0.4 is 10.1 Å². The summed E-state index contributed by atoms with van der Waals surface area (Å²) < 4.78 is 5.61. The van der Waals surface area contributed by atoms with Gasteiger partial charge in [0, 0.05) is 39.1 Å². The summed E-state index contributed by atoms with van der Waals surface area (Å²) in [6.45, 7) is 7.03. The van der Waals surface area contributed by atoms with Crippen LogP contribution in [0.15, 0.2) is 18.2 Å². The second-order valence-corrected chi connectivity index (χ2v) is 7.82. The third kappa shape index (κ3) is 4.24. The zero-order valence-corrected chi connectivity index (χ0v) is 15.4. The number of Topliss-reactive ketones (excluding diaryl/α,β-unsaturated/α-hetero) is 1. The van der Waals surface area contributed by atoms with Crippen LogP contribution in [-0.2, 0) is 16.1 Å². The number of benzene rings is 1. The number of ether oxygens (including phenoxy) is 1. The molecule has 1 aromatic rings. The Morgan fingerprint density at radius 2 is 1.92 bits per heavy atom. The molecule has 1 unspecified atom stereocenters. The van der Waals surface area contributed by atoms with Crippen molar-refractivity contribution in [2.45, 2.75) is 38.8 Å². The molecule has 1 aromatic carbocycles. The van der Waals surface area contributed by atoms with Crippen LogP contribution in [-0.4, -0.2) is 60.3 Å². The fourth-order valence-electron chi connectivity index (χ4n) is 3.68. The van der Waals surface area contributed by atoms with Gasteiger partial charge in [0.2, 0.25) is 0 Å². The van der Waals surface area contributed by atoms with E-state index in [4.69, 9.17) is 4.74 Å². The predicted molar refractivity (Wildman–Crippen MR) is 99.2 cm³/mol. The Bertz CT molecular complexity index is 694. The maximum atomic E-state index is 12.0. The van der Waals surface area contributed by atoms with Crippen LogP contribution in [0.2, 0.25) is 0 Å². The first-order valence-corrected chi connectivity index (χ1v) is 9.63. The molecular weight excluding hydrogens is 330 g/mol. The maximum absolute atomic E-state index is 12.0. The average molecular weight is 357 g/mol. The van der Waals surface area contributed by atoms with Crippen LogP contribution in [0.4, 0.5) is 5.69 Å². The molecule has 2 heterocycles. The van der Waals surface area contributed by atoms with Gasteiger partial charge < -0.3 is 10.1 Å². The molecule has 1 N–H and O–H groups in total. The Morgan fingerprint density at radius 3 is 2.65 bits per heavy atom. The van der Waals surface area contributed by atoms with Crippen LogP contribution in [0.3, 0.4) is 0 Å². The van der Waals surface area contributed by atoms with Crippen molar-refractivity contribution in [2.24, 2.45) is 5.92 Å². The number of nitrogens with one attached hydrogen (secondary N) is 1. The molecule has 1 aliphatic carbocycles. The molecule has 1 saturated carbocycles. The summed E-state index contributed by atoms with van der Waals surface area (Å²) in [7, 11) is 0. The summed E-state index contributed by atoms with van der Waals surface area (Å²) in [5.74, 6) is 1.72. The number of hydrogen-bond donors (Lipinski definition) is 1. The number of nitrogens with zero attached hydrogens (tertiary/aromatic N) is 2. The number of carbonyl (C=O) groups is 2. The summed E-state index contributed by atoms with van der Waals surface area (Å²) >= 11 is 0. The zero-order chi connectivity index (χ0) is 18.1. The minimum Gasteiger partial charge on any atom is -0.479 e.